The van der Waals surface area contributed by atoms with Crippen LogP contribution in [0.25, 0.3) is 10.9 Å². The van der Waals surface area contributed by atoms with E-state index in [2.05, 4.69) is 5.32 Å². The smallest absolute Gasteiger partial charge is 0.240 e. The highest BCUT2D eigenvalue weighted by Gasteiger charge is 2.18. The third-order valence-corrected chi connectivity index (χ3v) is 5.06. The predicted octanol–water partition coefficient (Wildman–Crippen LogP) is 4.75. The van der Waals surface area contributed by atoms with Gasteiger partial charge in [0.25, 0.3) is 0 Å². The number of nitrogens with one attached hydrogen (secondary N) is 1. The summed E-state index contributed by atoms with van der Waals surface area (Å²) in [6.07, 6.45) is 1.78. The van der Waals surface area contributed by atoms with E-state index in [0.717, 1.165) is 16.5 Å². The highest BCUT2D eigenvalue weighted by atomic mass is 16.2. The fraction of sp³-hybridized carbons (Fsp3) is 0.120. The maximum absolute atomic E-state index is 13.0. The third kappa shape index (κ3) is 3.97. The predicted molar refractivity (Wildman–Crippen MR) is 115 cm³/mol. The van der Waals surface area contributed by atoms with Crippen LogP contribution in [-0.4, -0.2) is 16.3 Å². The van der Waals surface area contributed by atoms with Crippen LogP contribution in [0.5, 0.6) is 0 Å². The Labute approximate surface area is 169 Å². The number of hydrogen-bond acceptors (Lipinski definition) is 2. The number of para-hydroxylation sites is 1. The fourth-order valence-corrected chi connectivity index (χ4v) is 3.57. The van der Waals surface area contributed by atoms with Crippen LogP contribution in [0.15, 0.2) is 91.1 Å². The number of aromatic nitrogens is 1. The summed E-state index contributed by atoms with van der Waals surface area (Å²) < 4.78 is 1.85. The maximum Gasteiger partial charge on any atom is 0.240 e. The first kappa shape index (κ1) is 18.7. The molecule has 1 heterocycles. The van der Waals surface area contributed by atoms with Gasteiger partial charge < -0.3 is 9.88 Å². The van der Waals surface area contributed by atoms with Crippen LogP contribution in [0.2, 0.25) is 0 Å². The molecule has 0 aliphatic rings. The van der Waals surface area contributed by atoms with Gasteiger partial charge in [0.15, 0.2) is 5.78 Å². The molecule has 1 aromatic heterocycles. The topological polar surface area (TPSA) is 51.1 Å². The zero-order valence-electron chi connectivity index (χ0n) is 16.2. The van der Waals surface area contributed by atoms with Gasteiger partial charge in [-0.25, -0.2) is 0 Å². The zero-order chi connectivity index (χ0) is 20.2. The second-order valence-electron chi connectivity index (χ2n) is 7.08. The van der Waals surface area contributed by atoms with Gasteiger partial charge in [0.1, 0.15) is 6.54 Å². The number of carbonyl (C=O) groups excluding carboxylic acids is 2. The van der Waals surface area contributed by atoms with Gasteiger partial charge in [-0.15, -0.1) is 0 Å². The molecule has 3 aromatic carbocycles. The first-order valence-electron chi connectivity index (χ1n) is 9.65. The zero-order valence-corrected chi connectivity index (χ0v) is 16.2. The Morgan fingerprint density at radius 1 is 0.862 bits per heavy atom. The molecule has 0 aliphatic carbocycles. The Bertz CT molecular complexity index is 1150. The molecular weight excluding hydrogens is 360 g/mol. The molecule has 0 spiro atoms. The average Bonchev–Trinajstić information content (AvgIpc) is 3.12. The van der Waals surface area contributed by atoms with Crippen LogP contribution in [0, 0.1) is 0 Å². The number of hydrogen-bond donors (Lipinski definition) is 1. The van der Waals surface area contributed by atoms with Crippen LogP contribution in [0.1, 0.15) is 34.5 Å². The summed E-state index contributed by atoms with van der Waals surface area (Å²) in [5.41, 5.74) is 3.17. The van der Waals surface area contributed by atoms with Crippen molar-refractivity contribution >= 4 is 22.6 Å². The molecule has 0 saturated heterocycles. The van der Waals surface area contributed by atoms with E-state index in [0.29, 0.717) is 11.1 Å². The lowest BCUT2D eigenvalue weighted by atomic mass is 10.0. The van der Waals surface area contributed by atoms with Crippen molar-refractivity contribution in [3.05, 3.63) is 108 Å². The van der Waals surface area contributed by atoms with Crippen molar-refractivity contribution in [1.29, 1.82) is 0 Å². The molecule has 4 heteroatoms. The van der Waals surface area contributed by atoms with E-state index in [1.807, 2.05) is 96.4 Å². The van der Waals surface area contributed by atoms with Gasteiger partial charge in [-0.3, -0.25) is 9.59 Å². The van der Waals surface area contributed by atoms with Crippen LogP contribution >= 0.6 is 0 Å². The van der Waals surface area contributed by atoms with Crippen molar-refractivity contribution in [2.75, 3.05) is 0 Å². The Kier molecular flexibility index (Phi) is 5.25. The van der Waals surface area contributed by atoms with E-state index >= 15 is 0 Å². The fourth-order valence-electron chi connectivity index (χ4n) is 3.57. The summed E-state index contributed by atoms with van der Waals surface area (Å²) in [5, 5.41) is 3.89. The molecule has 4 nitrogen and oxygen atoms in total. The Morgan fingerprint density at radius 3 is 2.21 bits per heavy atom. The second-order valence-corrected chi connectivity index (χ2v) is 7.08. The van der Waals surface area contributed by atoms with Gasteiger partial charge in [0, 0.05) is 28.2 Å². The number of nitrogens with zero attached hydrogens (tertiary/aromatic N) is 1. The molecule has 4 rings (SSSR count). The second kappa shape index (κ2) is 8.15. The molecule has 1 N–H and O–H groups in total. The summed E-state index contributed by atoms with van der Waals surface area (Å²) in [6, 6.07) is 26.7. The minimum Gasteiger partial charge on any atom is -0.348 e. The lowest BCUT2D eigenvalue weighted by Crippen LogP contribution is -2.29. The molecular formula is C25H22N2O2. The summed E-state index contributed by atoms with van der Waals surface area (Å²) in [6.45, 7) is 2.12. The number of benzene rings is 3. The minimum absolute atomic E-state index is 0.0430. The van der Waals surface area contributed by atoms with Crippen LogP contribution in [-0.2, 0) is 11.3 Å². The summed E-state index contributed by atoms with van der Waals surface area (Å²) in [5.74, 6) is -0.139. The molecule has 0 saturated carbocycles. The van der Waals surface area contributed by atoms with Crippen molar-refractivity contribution in [2.24, 2.45) is 0 Å². The van der Waals surface area contributed by atoms with Crippen molar-refractivity contribution in [3.63, 3.8) is 0 Å². The number of carbonyl (C=O) groups is 2. The number of ketones is 1. The molecule has 0 aliphatic heterocycles. The van der Waals surface area contributed by atoms with Gasteiger partial charge in [-0.2, -0.15) is 0 Å². The van der Waals surface area contributed by atoms with Gasteiger partial charge in [0.05, 0.1) is 6.04 Å². The van der Waals surface area contributed by atoms with Gasteiger partial charge in [-0.05, 0) is 18.6 Å². The van der Waals surface area contributed by atoms with Crippen molar-refractivity contribution in [2.45, 2.75) is 19.5 Å². The van der Waals surface area contributed by atoms with E-state index in [4.69, 9.17) is 0 Å². The van der Waals surface area contributed by atoms with Crippen LogP contribution in [0.3, 0.4) is 0 Å². The first-order valence-corrected chi connectivity index (χ1v) is 9.65. The number of rotatable bonds is 6. The molecule has 144 valence electrons. The Hall–Kier alpha value is -3.66. The molecule has 0 bridgehead atoms. The summed E-state index contributed by atoms with van der Waals surface area (Å²) >= 11 is 0. The van der Waals surface area contributed by atoms with Crippen molar-refractivity contribution in [3.8, 4) is 0 Å². The van der Waals surface area contributed by atoms with Crippen LogP contribution < -0.4 is 5.32 Å². The van der Waals surface area contributed by atoms with E-state index in [1.165, 1.54) is 0 Å². The summed E-state index contributed by atoms with van der Waals surface area (Å²) in [4.78, 5) is 25.7. The van der Waals surface area contributed by atoms with Gasteiger partial charge in [0.2, 0.25) is 5.91 Å². The SMILES string of the molecule is C[C@H](NC(=O)Cn1cc(C(=O)c2ccccc2)c2ccccc21)c1ccccc1. The Morgan fingerprint density at radius 2 is 1.48 bits per heavy atom. The molecule has 0 radical (unpaired) electrons. The molecule has 0 unspecified atom stereocenters. The lowest BCUT2D eigenvalue weighted by molar-refractivity contribution is -0.122. The molecule has 1 atom stereocenters. The molecule has 4 aromatic rings. The molecule has 29 heavy (non-hydrogen) atoms. The minimum atomic E-state index is -0.0965. The van der Waals surface area contributed by atoms with E-state index in [-0.39, 0.29) is 24.3 Å². The standard InChI is InChI=1S/C25H22N2O2/c1-18(19-10-4-2-5-11-19)26-24(28)17-27-16-22(21-14-8-9-15-23(21)27)25(29)20-12-6-3-7-13-20/h2-16,18H,17H2,1H3,(H,26,28)/t18-/m0/s1. The highest BCUT2D eigenvalue weighted by Crippen LogP contribution is 2.24. The quantitative estimate of drug-likeness (QED) is 0.489. The van der Waals surface area contributed by atoms with Gasteiger partial charge >= 0.3 is 0 Å². The third-order valence-electron chi connectivity index (χ3n) is 5.06. The van der Waals surface area contributed by atoms with Crippen molar-refractivity contribution in [1.82, 2.24) is 9.88 Å². The maximum atomic E-state index is 13.0. The van der Waals surface area contributed by atoms with Gasteiger partial charge in [-0.1, -0.05) is 78.9 Å². The number of fused-ring (bicyclic) bond motifs is 1. The van der Waals surface area contributed by atoms with E-state index in [1.54, 1.807) is 6.20 Å². The normalized spacial score (nSPS) is 11.9. The number of amides is 1. The Balaban J connectivity index is 1.60. The summed E-state index contributed by atoms with van der Waals surface area (Å²) in [7, 11) is 0. The van der Waals surface area contributed by atoms with E-state index < -0.39 is 0 Å². The average molecular weight is 382 g/mol. The first-order chi connectivity index (χ1) is 14.1. The highest BCUT2D eigenvalue weighted by molar-refractivity contribution is 6.16. The monoisotopic (exact) mass is 382 g/mol. The van der Waals surface area contributed by atoms with E-state index in [9.17, 15) is 9.59 Å². The molecule has 1 amide bonds. The van der Waals surface area contributed by atoms with Crippen LogP contribution in [0.4, 0.5) is 0 Å². The molecule has 0 fully saturated rings. The largest absolute Gasteiger partial charge is 0.348 e. The van der Waals surface area contributed by atoms with Crippen molar-refractivity contribution < 1.29 is 9.59 Å². The lowest BCUT2D eigenvalue weighted by Gasteiger charge is -2.15.